The Bertz CT molecular complexity index is 717. The predicted molar refractivity (Wildman–Crippen MR) is 143 cm³/mol. The van der Waals surface area contributed by atoms with E-state index in [1.54, 1.807) is 0 Å². The van der Waals surface area contributed by atoms with Gasteiger partial charge in [-0.25, -0.2) is 0 Å². The monoisotopic (exact) mass is 644 g/mol. The van der Waals surface area contributed by atoms with Crippen molar-refractivity contribution in [2.45, 2.75) is 56.2 Å². The van der Waals surface area contributed by atoms with Gasteiger partial charge in [-0.2, -0.15) is 0 Å². The largest absolute Gasteiger partial charge is 0.369 e. The van der Waals surface area contributed by atoms with Gasteiger partial charge in [-0.15, -0.1) is 48.0 Å². The third-order valence-corrected chi connectivity index (χ3v) is 9.27. The van der Waals surface area contributed by atoms with Gasteiger partial charge in [-0.3, -0.25) is 18.7 Å². The molecule has 0 aliphatic carbocycles. The van der Waals surface area contributed by atoms with E-state index in [4.69, 9.17) is 48.5 Å². The number of rotatable bonds is 18. The summed E-state index contributed by atoms with van der Waals surface area (Å²) in [4.78, 5) is 62.8. The van der Waals surface area contributed by atoms with E-state index in [0.717, 1.165) is 13.0 Å². The molecule has 0 aliphatic rings. The number of carbonyl (C=O) groups is 2. The second-order valence-electron chi connectivity index (χ2n) is 7.81. The van der Waals surface area contributed by atoms with Crippen LogP contribution in [0.2, 0.25) is 0 Å². The summed E-state index contributed by atoms with van der Waals surface area (Å²) >= 11 is 11.5. The number of alkyl halides is 2. The molecule has 218 valence electrons. The number of nitrogens with two attached hydrogens (primary N) is 1. The first-order valence-electron chi connectivity index (χ1n) is 10.6. The molecule has 2 atom stereocenters. The molecule has 0 aromatic carbocycles. The van der Waals surface area contributed by atoms with Crippen LogP contribution < -0.4 is 16.4 Å². The molecule has 0 saturated carbocycles. The molecule has 36 heavy (non-hydrogen) atoms. The van der Waals surface area contributed by atoms with Gasteiger partial charge in [0.25, 0.3) is 5.08 Å². The number of aliphatic hydroxyl groups is 1. The van der Waals surface area contributed by atoms with E-state index < -0.39 is 50.6 Å². The third kappa shape index (κ3) is 14.4. The lowest BCUT2D eigenvalue weighted by Crippen LogP contribution is -2.50. The maximum Gasteiger partial charge on any atom is 0.369 e. The third-order valence-electron chi connectivity index (χ3n) is 5.05. The quantitative estimate of drug-likeness (QED) is 0.0582. The molecule has 2 amide bonds. The Labute approximate surface area is 233 Å². The minimum Gasteiger partial charge on any atom is -0.368 e. The highest BCUT2D eigenvalue weighted by Crippen LogP contribution is 2.69. The number of unbranched alkanes of at least 4 members (excludes halogenated alkanes) is 1. The molecule has 0 unspecified atom stereocenters. The molecule has 0 aromatic heterocycles. The SMILES string of the molecule is C[C@H](NC(=O)[C@@H](N)CCCCN(CCCl)CCCl)C(=O)NCCCC(O)(P(=O)(O)O)P(=O)(O)O.Cl.Cl. The summed E-state index contributed by atoms with van der Waals surface area (Å²) in [6.45, 7) is 3.34. The summed E-state index contributed by atoms with van der Waals surface area (Å²) in [7, 11) is -11.1. The number of nitrogens with zero attached hydrogens (tertiary/aromatic N) is 1. The van der Waals surface area contributed by atoms with E-state index in [1.165, 1.54) is 6.92 Å². The fraction of sp³-hybridized carbons (Fsp3) is 0.882. The van der Waals surface area contributed by atoms with Crippen LogP contribution in [0.15, 0.2) is 0 Å². The minimum atomic E-state index is -5.55. The standard InChI is InChI=1S/C17H36Cl2N4O9P2.2ClH/c1-13(15(24)21-9-4-6-17(26,33(27,28)29)34(30,31)32)22-16(25)14(20)5-2-3-10-23(11-7-18)12-8-19;;/h13-14,26H,2-12,20H2,1H3,(H,21,24)(H,22,25)(H2,27,28,29)(H2,30,31,32);2*1H/t13-,14-;;/m0../s1. The zero-order chi connectivity index (χ0) is 26.6. The first-order valence-corrected chi connectivity index (χ1v) is 14.9. The van der Waals surface area contributed by atoms with Gasteiger partial charge in [-0.1, -0.05) is 6.42 Å². The van der Waals surface area contributed by atoms with Crippen molar-refractivity contribution in [3.63, 3.8) is 0 Å². The Morgan fingerprint density at radius 1 is 0.944 bits per heavy atom. The Kier molecular flexibility index (Phi) is 21.9. The van der Waals surface area contributed by atoms with Crippen molar-refractivity contribution >= 4 is 75.0 Å². The van der Waals surface area contributed by atoms with Crippen LogP contribution >= 0.6 is 63.2 Å². The van der Waals surface area contributed by atoms with Crippen LogP contribution in [-0.4, -0.2) is 96.5 Å². The van der Waals surface area contributed by atoms with E-state index in [1.807, 2.05) is 0 Å². The molecule has 0 spiro atoms. The molecular weight excluding hydrogens is 608 g/mol. The Morgan fingerprint density at radius 2 is 1.44 bits per heavy atom. The summed E-state index contributed by atoms with van der Waals surface area (Å²) in [6.07, 6.45) is 0.571. The molecule has 0 heterocycles. The highest BCUT2D eigenvalue weighted by atomic mass is 35.5. The smallest absolute Gasteiger partial charge is 0.368 e. The Balaban J connectivity index is -0.00000544. The maximum atomic E-state index is 12.2. The normalized spacial score (nSPS) is 13.8. The first kappa shape index (κ1) is 40.8. The molecule has 0 bridgehead atoms. The predicted octanol–water partition coefficient (Wildman–Crippen LogP) is 0.510. The molecule has 19 heteroatoms. The molecular formula is C17H38Cl4N4O9P2. The van der Waals surface area contributed by atoms with Gasteiger partial charge < -0.3 is 45.9 Å². The number of nitrogens with one attached hydrogen (secondary N) is 2. The van der Waals surface area contributed by atoms with E-state index in [0.29, 0.717) is 37.7 Å². The average Bonchev–Trinajstić information content (AvgIpc) is 2.72. The highest BCUT2D eigenvalue weighted by Gasteiger charge is 2.58. The molecule has 0 aromatic rings. The van der Waals surface area contributed by atoms with Gasteiger partial charge in [0.05, 0.1) is 6.04 Å². The molecule has 9 N–H and O–H groups in total. The van der Waals surface area contributed by atoms with Crippen LogP contribution in [0, 0.1) is 0 Å². The van der Waals surface area contributed by atoms with Crippen LogP contribution in [0.25, 0.3) is 0 Å². The van der Waals surface area contributed by atoms with E-state index in [2.05, 4.69) is 15.5 Å². The minimum absolute atomic E-state index is 0. The van der Waals surface area contributed by atoms with Crippen molar-refractivity contribution in [1.29, 1.82) is 0 Å². The molecule has 0 rings (SSSR count). The number of halogens is 4. The van der Waals surface area contributed by atoms with Crippen LogP contribution in [-0.2, 0) is 18.7 Å². The highest BCUT2D eigenvalue weighted by molar-refractivity contribution is 7.72. The summed E-state index contributed by atoms with van der Waals surface area (Å²) < 4.78 is 22.6. The van der Waals surface area contributed by atoms with Gasteiger partial charge in [-0.05, 0) is 32.7 Å². The van der Waals surface area contributed by atoms with E-state index >= 15 is 0 Å². The number of carbonyl (C=O) groups excluding carboxylic acids is 2. The fourth-order valence-corrected chi connectivity index (χ4v) is 5.68. The second kappa shape index (κ2) is 19.4. The summed E-state index contributed by atoms with van der Waals surface area (Å²) in [5.74, 6) is -0.187. The molecule has 0 radical (unpaired) electrons. The van der Waals surface area contributed by atoms with Crippen molar-refractivity contribution in [3.8, 4) is 0 Å². The second-order valence-corrected chi connectivity index (χ2v) is 12.6. The van der Waals surface area contributed by atoms with Gasteiger partial charge in [0.2, 0.25) is 11.8 Å². The van der Waals surface area contributed by atoms with Crippen molar-refractivity contribution in [2.75, 3.05) is 37.9 Å². The summed E-state index contributed by atoms with van der Waals surface area (Å²) in [5, 5.41) is 11.1. The van der Waals surface area contributed by atoms with E-state index in [9.17, 15) is 23.8 Å². The number of amides is 2. The zero-order valence-electron chi connectivity index (χ0n) is 19.8. The lowest BCUT2D eigenvalue weighted by atomic mass is 10.1. The average molecular weight is 646 g/mol. The summed E-state index contributed by atoms with van der Waals surface area (Å²) in [6, 6.07) is -1.81. The first-order chi connectivity index (χ1) is 15.6. The maximum absolute atomic E-state index is 12.2. The fourth-order valence-electron chi connectivity index (χ4n) is 2.94. The van der Waals surface area contributed by atoms with Crippen molar-refractivity contribution in [2.24, 2.45) is 5.73 Å². The lowest BCUT2D eigenvalue weighted by Gasteiger charge is -2.29. The summed E-state index contributed by atoms with van der Waals surface area (Å²) in [5.41, 5.74) is 5.88. The Morgan fingerprint density at radius 3 is 1.89 bits per heavy atom. The molecule has 0 aliphatic heterocycles. The van der Waals surface area contributed by atoms with Gasteiger partial charge in [0, 0.05) is 37.8 Å². The van der Waals surface area contributed by atoms with Crippen molar-refractivity contribution in [3.05, 3.63) is 0 Å². The van der Waals surface area contributed by atoms with Crippen molar-refractivity contribution < 1.29 is 43.4 Å². The molecule has 0 fully saturated rings. The van der Waals surface area contributed by atoms with Crippen LogP contribution in [0.5, 0.6) is 0 Å². The zero-order valence-corrected chi connectivity index (χ0v) is 24.7. The van der Waals surface area contributed by atoms with Crippen LogP contribution in [0.3, 0.4) is 0 Å². The number of hydrogen-bond donors (Lipinski definition) is 8. The van der Waals surface area contributed by atoms with E-state index in [-0.39, 0.29) is 37.8 Å². The van der Waals surface area contributed by atoms with Crippen LogP contribution in [0.4, 0.5) is 0 Å². The molecule has 0 saturated heterocycles. The lowest BCUT2D eigenvalue weighted by molar-refractivity contribution is -0.129. The topological polar surface area (TPSA) is 223 Å². The van der Waals surface area contributed by atoms with Gasteiger partial charge in [0.1, 0.15) is 6.04 Å². The van der Waals surface area contributed by atoms with Gasteiger partial charge in [0.15, 0.2) is 0 Å². The number of hydrogen-bond acceptors (Lipinski definition) is 7. The van der Waals surface area contributed by atoms with Crippen LogP contribution in [0.1, 0.15) is 39.0 Å². The Hall–Kier alpha value is 0.280. The van der Waals surface area contributed by atoms with Gasteiger partial charge >= 0.3 is 15.2 Å². The van der Waals surface area contributed by atoms with Crippen molar-refractivity contribution in [1.82, 2.24) is 15.5 Å². The molecule has 13 nitrogen and oxygen atoms in total.